The second kappa shape index (κ2) is 16.8. The Hall–Kier alpha value is 1.42. The molecule has 0 rings (SSSR count). The smallest absolute Gasteiger partial charge is 0.672 e. The molecule has 0 N–H and O–H groups in total. The van der Waals surface area contributed by atoms with E-state index in [2.05, 4.69) is 0 Å². The van der Waals surface area contributed by atoms with Crippen molar-refractivity contribution in [1.82, 2.24) is 0 Å². The van der Waals surface area contributed by atoms with E-state index in [1.54, 1.807) is 0 Å². The second-order valence-corrected chi connectivity index (χ2v) is 1.50. The molecule has 10 heteroatoms. The molecule has 0 aliphatic rings. The van der Waals surface area contributed by atoms with E-state index < -0.39 is 18.3 Å². The van der Waals surface area contributed by atoms with Crippen molar-refractivity contribution in [3.05, 3.63) is 0 Å². The van der Waals surface area contributed by atoms with Crippen LogP contribution in [0.4, 0.5) is 0 Å². The van der Waals surface area contributed by atoms with E-state index in [0.717, 1.165) is 0 Å². The van der Waals surface area contributed by atoms with Crippen LogP contribution in [0.25, 0.3) is 0 Å². The van der Waals surface area contributed by atoms with Crippen molar-refractivity contribution in [2.24, 2.45) is 0 Å². The van der Waals surface area contributed by atoms with Crippen LogP contribution in [0.5, 0.6) is 0 Å². The predicted octanol–water partition coefficient (Wildman–Crippen LogP) is -6.14. The summed E-state index contributed by atoms with van der Waals surface area (Å²) in [5, 5.41) is 0. The van der Waals surface area contributed by atoms with Gasteiger partial charge in [-0.3, -0.25) is 0 Å². The van der Waals surface area contributed by atoms with Gasteiger partial charge in [-0.1, -0.05) is 0 Å². The van der Waals surface area contributed by atoms with E-state index in [0.29, 0.717) is 0 Å². The van der Waals surface area contributed by atoms with Crippen molar-refractivity contribution >= 4 is 56.1 Å². The number of rotatable bonds is 0. The molecule has 0 aromatic rings. The monoisotopic (exact) mass is 306 g/mol. The first-order chi connectivity index (χ1) is 3.46. The Morgan fingerprint density at radius 1 is 0.800 bits per heavy atom. The molecule has 0 heterocycles. The maximum Gasteiger partial charge on any atom is 2.00 e. The molecule has 0 bridgehead atoms. The summed E-state index contributed by atoms with van der Waals surface area (Å²) in [5.41, 5.74) is 0. The number of hydrogen-bond donors (Lipinski definition) is 0. The van der Waals surface area contributed by atoms with Gasteiger partial charge in [-0.2, -0.15) is 0 Å². The molecule has 0 aromatic carbocycles. The molecule has 0 aliphatic carbocycles. The molecular formula is CaCdO6Si2. The molecule has 0 atom stereocenters. The quantitative estimate of drug-likeness (QED) is 0.410. The molecule has 0 aromatic heterocycles. The Labute approximate surface area is 110 Å². The van der Waals surface area contributed by atoms with Crippen LogP contribution in [-0.4, -0.2) is 56.1 Å². The summed E-state index contributed by atoms with van der Waals surface area (Å²) < 4.78 is 17.0. The third-order valence-corrected chi connectivity index (χ3v) is 0. The molecule has 0 spiro atoms. The fraction of sp³-hybridized carbons (Fsp3) is 0. The van der Waals surface area contributed by atoms with Crippen molar-refractivity contribution in [2.75, 3.05) is 0 Å². The normalized spacial score (nSPS) is 4.80. The summed E-state index contributed by atoms with van der Waals surface area (Å²) in [6.07, 6.45) is 0. The molecule has 0 radical (unpaired) electrons. The maximum absolute atomic E-state index is 8.52. The van der Waals surface area contributed by atoms with Gasteiger partial charge in [-0.25, -0.2) is 0 Å². The van der Waals surface area contributed by atoms with Crippen LogP contribution in [0, 0.1) is 0 Å². The van der Waals surface area contributed by atoms with Crippen LogP contribution >= 0.6 is 0 Å². The Kier molecular flexibility index (Phi) is 37.8. The first-order valence-electron chi connectivity index (χ1n) is 1.22. The van der Waals surface area contributed by atoms with Crippen LogP contribution in [0.1, 0.15) is 0 Å². The zero-order valence-corrected chi connectivity index (χ0v) is 13.1. The van der Waals surface area contributed by atoms with E-state index in [-0.39, 0.29) is 65.0 Å². The third kappa shape index (κ3) is 333. The van der Waals surface area contributed by atoms with Gasteiger partial charge in [0, 0.05) is 18.3 Å². The molecule has 0 saturated carbocycles. The van der Waals surface area contributed by atoms with Gasteiger partial charge in [-0.15, -0.1) is 0 Å². The minimum Gasteiger partial charge on any atom is -0.672 e. The Bertz CT molecular complexity index is 73.7. The van der Waals surface area contributed by atoms with Gasteiger partial charge >= 0.3 is 65.0 Å². The van der Waals surface area contributed by atoms with Crippen LogP contribution in [0.15, 0.2) is 0 Å². The van der Waals surface area contributed by atoms with E-state index in [1.807, 2.05) is 0 Å². The van der Waals surface area contributed by atoms with Crippen molar-refractivity contribution in [3.63, 3.8) is 0 Å². The zero-order valence-electron chi connectivity index (χ0n) is 4.86. The van der Waals surface area contributed by atoms with Gasteiger partial charge < -0.3 is 28.1 Å². The summed E-state index contributed by atoms with van der Waals surface area (Å²) in [7, 11) is -7.26. The molecule has 48 valence electrons. The van der Waals surface area contributed by atoms with Gasteiger partial charge in [0.2, 0.25) is 0 Å². The Morgan fingerprint density at radius 2 is 0.800 bits per heavy atom. The van der Waals surface area contributed by atoms with Gasteiger partial charge in [0.05, 0.1) is 0 Å². The first kappa shape index (κ1) is 22.5. The van der Waals surface area contributed by atoms with E-state index in [1.165, 1.54) is 0 Å². The minimum absolute atomic E-state index is 0. The van der Waals surface area contributed by atoms with Crippen molar-refractivity contribution in [1.29, 1.82) is 0 Å². The van der Waals surface area contributed by atoms with Crippen LogP contribution in [0.2, 0.25) is 0 Å². The average molecular weight is 305 g/mol. The van der Waals surface area contributed by atoms with Gasteiger partial charge in [-0.05, 0) is 0 Å². The maximum atomic E-state index is 8.52. The SMILES string of the molecule is O=[Si]([O-])[O-].O=[Si]([O-])[O-].[Ca+2].[Cd+2]. The molecule has 6 nitrogen and oxygen atoms in total. The van der Waals surface area contributed by atoms with Crippen molar-refractivity contribution in [3.8, 4) is 0 Å². The predicted molar refractivity (Wildman–Crippen MR) is 18.6 cm³/mol. The second-order valence-electron chi connectivity index (χ2n) is 0.500. The molecule has 0 aliphatic heterocycles. The van der Waals surface area contributed by atoms with Gasteiger partial charge in [0.15, 0.2) is 0 Å². The molecular weight excluding hydrogens is 305 g/mol. The topological polar surface area (TPSA) is 126 Å². The molecule has 0 amide bonds. The summed E-state index contributed by atoms with van der Waals surface area (Å²) in [5.74, 6) is 0. The Morgan fingerprint density at radius 3 is 0.800 bits per heavy atom. The summed E-state index contributed by atoms with van der Waals surface area (Å²) in [6.45, 7) is 0. The van der Waals surface area contributed by atoms with E-state index >= 15 is 0 Å². The largest absolute Gasteiger partial charge is 2.00 e. The van der Waals surface area contributed by atoms with Crippen LogP contribution in [0.3, 0.4) is 0 Å². The summed E-state index contributed by atoms with van der Waals surface area (Å²) in [4.78, 5) is 34.1. The van der Waals surface area contributed by atoms with Gasteiger partial charge in [0.25, 0.3) is 0 Å². The van der Waals surface area contributed by atoms with E-state index in [4.69, 9.17) is 28.1 Å². The fourth-order valence-corrected chi connectivity index (χ4v) is 0. The fourth-order valence-electron chi connectivity index (χ4n) is 0. The summed E-state index contributed by atoms with van der Waals surface area (Å²) >= 11 is 0. The summed E-state index contributed by atoms with van der Waals surface area (Å²) in [6, 6.07) is 0. The van der Waals surface area contributed by atoms with Crippen molar-refractivity contribution in [2.45, 2.75) is 0 Å². The van der Waals surface area contributed by atoms with Gasteiger partial charge in [0.1, 0.15) is 0 Å². The first-order valence-corrected chi connectivity index (χ1v) is 3.67. The Balaban J connectivity index is -0.0000000300. The van der Waals surface area contributed by atoms with Crippen LogP contribution in [-0.2, 0) is 36.2 Å². The van der Waals surface area contributed by atoms with Crippen LogP contribution < -0.4 is 19.2 Å². The third-order valence-electron chi connectivity index (χ3n) is 0. The van der Waals surface area contributed by atoms with Crippen molar-refractivity contribution < 1.29 is 55.4 Å². The minimum atomic E-state index is -3.63. The van der Waals surface area contributed by atoms with E-state index in [9.17, 15) is 0 Å². The zero-order chi connectivity index (χ0) is 7.15. The number of hydrogen-bond acceptors (Lipinski definition) is 6. The molecule has 0 fully saturated rings. The molecule has 0 unspecified atom stereocenters. The average Bonchev–Trinajstić information content (AvgIpc) is 1.25. The molecule has 0 saturated heterocycles. The standard InChI is InChI=1S/Ca.Cd.2O3Si/c;;2*1-4(2)3/q2*+2;2*-2. The molecule has 10 heavy (non-hydrogen) atoms.